The number of aryl methyl sites for hydroxylation is 2. The van der Waals surface area contributed by atoms with Crippen molar-refractivity contribution in [3.8, 4) is 5.75 Å². The van der Waals surface area contributed by atoms with Crippen molar-refractivity contribution in [1.82, 2.24) is 0 Å². The highest BCUT2D eigenvalue weighted by molar-refractivity contribution is 5.92. The van der Waals surface area contributed by atoms with E-state index >= 15 is 0 Å². The Morgan fingerprint density at radius 2 is 1.74 bits per heavy atom. The van der Waals surface area contributed by atoms with E-state index in [4.69, 9.17) is 10.5 Å². The lowest BCUT2D eigenvalue weighted by Gasteiger charge is -2.12. The molecule has 0 aliphatic heterocycles. The number of primary amides is 1. The molecule has 0 fully saturated rings. The normalized spacial score (nSPS) is 10.2. The summed E-state index contributed by atoms with van der Waals surface area (Å²) in [5.74, 6) is 0.473. The number of amides is 1. The Balaban J connectivity index is 2.15. The first-order valence-corrected chi connectivity index (χ1v) is 6.15. The van der Waals surface area contributed by atoms with Gasteiger partial charge < -0.3 is 10.5 Å². The average Bonchev–Trinajstić information content (AvgIpc) is 2.38. The minimum atomic E-state index is -0.422. The summed E-state index contributed by atoms with van der Waals surface area (Å²) in [4.78, 5) is 11.1. The predicted molar refractivity (Wildman–Crippen MR) is 75.2 cm³/mol. The third kappa shape index (κ3) is 3.13. The van der Waals surface area contributed by atoms with E-state index in [2.05, 4.69) is 0 Å². The summed E-state index contributed by atoms with van der Waals surface area (Å²) in [5, 5.41) is 0. The number of hydrogen-bond donors (Lipinski definition) is 1. The van der Waals surface area contributed by atoms with Gasteiger partial charge in [0.2, 0.25) is 5.91 Å². The summed E-state index contributed by atoms with van der Waals surface area (Å²) < 4.78 is 5.84. The van der Waals surface area contributed by atoms with E-state index in [1.807, 2.05) is 44.2 Å². The molecule has 0 spiro atoms. The zero-order chi connectivity index (χ0) is 13.8. The zero-order valence-corrected chi connectivity index (χ0v) is 11.1. The molecule has 3 nitrogen and oxygen atoms in total. The van der Waals surface area contributed by atoms with Gasteiger partial charge in [-0.2, -0.15) is 0 Å². The van der Waals surface area contributed by atoms with Gasteiger partial charge in [-0.15, -0.1) is 0 Å². The van der Waals surface area contributed by atoms with Gasteiger partial charge in [0.1, 0.15) is 12.4 Å². The van der Waals surface area contributed by atoms with Crippen molar-refractivity contribution in [2.45, 2.75) is 20.5 Å². The predicted octanol–water partition coefficient (Wildman–Crippen LogP) is 2.98. The molecule has 1 amide bonds. The van der Waals surface area contributed by atoms with Gasteiger partial charge in [0, 0.05) is 5.56 Å². The molecule has 2 aromatic carbocycles. The van der Waals surface area contributed by atoms with E-state index in [0.29, 0.717) is 12.2 Å². The van der Waals surface area contributed by atoms with Gasteiger partial charge in [-0.3, -0.25) is 4.79 Å². The summed E-state index contributed by atoms with van der Waals surface area (Å²) in [7, 11) is 0. The molecule has 0 atom stereocenters. The van der Waals surface area contributed by atoms with E-state index < -0.39 is 5.91 Å². The van der Waals surface area contributed by atoms with Crippen LogP contribution in [0.5, 0.6) is 5.75 Å². The Bertz CT molecular complexity index is 585. The number of para-hydroxylation sites is 1. The number of rotatable bonds is 4. The van der Waals surface area contributed by atoms with E-state index in [1.54, 1.807) is 12.1 Å². The topological polar surface area (TPSA) is 52.3 Å². The second-order valence-electron chi connectivity index (χ2n) is 4.57. The second-order valence-corrected chi connectivity index (χ2v) is 4.57. The molecule has 0 aliphatic rings. The number of hydrogen-bond acceptors (Lipinski definition) is 2. The lowest BCUT2D eigenvalue weighted by molar-refractivity contribution is 0.1000. The monoisotopic (exact) mass is 255 g/mol. The largest absolute Gasteiger partial charge is 0.488 e. The summed E-state index contributed by atoms with van der Waals surface area (Å²) in [6.45, 7) is 4.46. The summed E-state index contributed by atoms with van der Waals surface area (Å²) in [6.07, 6.45) is 0. The fourth-order valence-electron chi connectivity index (χ4n) is 2.00. The van der Waals surface area contributed by atoms with E-state index in [9.17, 15) is 4.79 Å². The van der Waals surface area contributed by atoms with Gasteiger partial charge in [-0.1, -0.05) is 30.3 Å². The highest BCUT2D eigenvalue weighted by atomic mass is 16.5. The number of nitrogens with two attached hydrogens (primary N) is 1. The Hall–Kier alpha value is -2.29. The highest BCUT2D eigenvalue weighted by Crippen LogP contribution is 2.23. The maximum Gasteiger partial charge on any atom is 0.248 e. The van der Waals surface area contributed by atoms with Crippen molar-refractivity contribution in [3.63, 3.8) is 0 Å². The quantitative estimate of drug-likeness (QED) is 0.913. The molecule has 0 aliphatic carbocycles. The first-order chi connectivity index (χ1) is 9.08. The maximum atomic E-state index is 11.1. The molecule has 0 saturated carbocycles. The second kappa shape index (κ2) is 5.57. The molecule has 98 valence electrons. The SMILES string of the molecule is Cc1cccc(C)c1OCc1cccc(C(N)=O)c1. The fourth-order valence-corrected chi connectivity index (χ4v) is 2.00. The first-order valence-electron chi connectivity index (χ1n) is 6.15. The maximum absolute atomic E-state index is 11.1. The van der Waals surface area contributed by atoms with Gasteiger partial charge >= 0.3 is 0 Å². The average molecular weight is 255 g/mol. The van der Waals surface area contributed by atoms with Crippen molar-refractivity contribution in [1.29, 1.82) is 0 Å². The van der Waals surface area contributed by atoms with Crippen LogP contribution in [0, 0.1) is 13.8 Å². The van der Waals surface area contributed by atoms with Gasteiger partial charge in [-0.25, -0.2) is 0 Å². The lowest BCUT2D eigenvalue weighted by atomic mass is 10.1. The van der Waals surface area contributed by atoms with Crippen LogP contribution in [-0.2, 0) is 6.61 Å². The van der Waals surface area contributed by atoms with Gasteiger partial charge in [0.15, 0.2) is 0 Å². The standard InChI is InChI=1S/C16H17NO2/c1-11-5-3-6-12(2)15(11)19-10-13-7-4-8-14(9-13)16(17)18/h3-9H,10H2,1-2H3,(H2,17,18). The number of carbonyl (C=O) groups is 1. The van der Waals surface area contributed by atoms with Crippen molar-refractivity contribution in [2.24, 2.45) is 5.73 Å². The van der Waals surface area contributed by atoms with Crippen molar-refractivity contribution >= 4 is 5.91 Å². The molecular weight excluding hydrogens is 238 g/mol. The van der Waals surface area contributed by atoms with Crippen LogP contribution in [0.4, 0.5) is 0 Å². The molecule has 0 saturated heterocycles. The van der Waals surface area contributed by atoms with E-state index in [1.165, 1.54) is 0 Å². The molecule has 0 aromatic heterocycles. The van der Waals surface area contributed by atoms with Crippen LogP contribution in [0.15, 0.2) is 42.5 Å². The minimum Gasteiger partial charge on any atom is -0.488 e. The number of benzene rings is 2. The Morgan fingerprint density at radius 1 is 1.11 bits per heavy atom. The smallest absolute Gasteiger partial charge is 0.248 e. The highest BCUT2D eigenvalue weighted by Gasteiger charge is 2.05. The van der Waals surface area contributed by atoms with Gasteiger partial charge in [-0.05, 0) is 42.7 Å². The third-order valence-corrected chi connectivity index (χ3v) is 3.00. The number of ether oxygens (including phenoxy) is 1. The molecule has 0 bridgehead atoms. The van der Waals surface area contributed by atoms with Crippen molar-refractivity contribution in [2.75, 3.05) is 0 Å². The van der Waals surface area contributed by atoms with Crippen molar-refractivity contribution in [3.05, 3.63) is 64.7 Å². The van der Waals surface area contributed by atoms with E-state index in [0.717, 1.165) is 22.4 Å². The molecule has 0 heterocycles. The lowest BCUT2D eigenvalue weighted by Crippen LogP contribution is -2.11. The molecular formula is C16H17NO2. The van der Waals surface area contributed by atoms with Crippen LogP contribution in [0.3, 0.4) is 0 Å². The minimum absolute atomic E-state index is 0.422. The zero-order valence-electron chi connectivity index (χ0n) is 11.1. The van der Waals surface area contributed by atoms with Gasteiger partial charge in [0.25, 0.3) is 0 Å². The summed E-state index contributed by atoms with van der Waals surface area (Å²) in [5.41, 5.74) is 8.90. The molecule has 3 heteroatoms. The fraction of sp³-hybridized carbons (Fsp3) is 0.188. The van der Waals surface area contributed by atoms with E-state index in [-0.39, 0.29) is 0 Å². The molecule has 0 radical (unpaired) electrons. The Kier molecular flexibility index (Phi) is 3.85. The molecule has 19 heavy (non-hydrogen) atoms. The Morgan fingerprint density at radius 3 is 2.37 bits per heavy atom. The van der Waals surface area contributed by atoms with Crippen LogP contribution >= 0.6 is 0 Å². The van der Waals surface area contributed by atoms with Crippen LogP contribution in [0.25, 0.3) is 0 Å². The summed E-state index contributed by atoms with van der Waals surface area (Å²) in [6, 6.07) is 13.2. The van der Waals surface area contributed by atoms with Crippen LogP contribution in [0.1, 0.15) is 27.0 Å². The van der Waals surface area contributed by atoms with Crippen LogP contribution < -0.4 is 10.5 Å². The molecule has 2 rings (SSSR count). The van der Waals surface area contributed by atoms with Crippen LogP contribution in [-0.4, -0.2) is 5.91 Å². The van der Waals surface area contributed by atoms with Gasteiger partial charge in [0.05, 0.1) is 0 Å². The third-order valence-electron chi connectivity index (χ3n) is 3.00. The molecule has 2 aromatic rings. The molecule has 2 N–H and O–H groups in total. The summed E-state index contributed by atoms with van der Waals surface area (Å²) >= 11 is 0. The Labute approximate surface area is 113 Å². The first kappa shape index (κ1) is 13.1. The number of carbonyl (C=O) groups excluding carboxylic acids is 1. The van der Waals surface area contributed by atoms with Crippen molar-refractivity contribution < 1.29 is 9.53 Å². The molecule has 0 unspecified atom stereocenters. The van der Waals surface area contributed by atoms with Crippen LogP contribution in [0.2, 0.25) is 0 Å².